The molecule has 4 nitrogen and oxygen atoms in total. The molecule has 0 bridgehead atoms. The number of likely N-dealkylation sites (tertiary alicyclic amines) is 2. The first-order valence-electron chi connectivity index (χ1n) is 6.45. The van der Waals surface area contributed by atoms with Crippen LogP contribution in [0.3, 0.4) is 0 Å². The lowest BCUT2D eigenvalue weighted by atomic mass is 10.1. The number of carbonyl (C=O) groups excluding carboxylic acids is 1. The summed E-state index contributed by atoms with van der Waals surface area (Å²) in [6.07, 6.45) is 7.02. The van der Waals surface area contributed by atoms with E-state index in [4.69, 9.17) is 4.42 Å². The number of hydrogen-bond acceptors (Lipinski definition) is 3. The molecule has 0 N–H and O–H groups in total. The van der Waals surface area contributed by atoms with E-state index in [9.17, 15) is 4.79 Å². The van der Waals surface area contributed by atoms with Crippen LogP contribution >= 0.6 is 0 Å². The number of fused-ring (bicyclic) bond motifs is 1. The molecule has 18 heavy (non-hydrogen) atoms. The van der Waals surface area contributed by atoms with Crippen molar-refractivity contribution in [2.24, 2.45) is 0 Å². The van der Waals surface area contributed by atoms with Crippen LogP contribution in [0.15, 0.2) is 35.7 Å². The van der Waals surface area contributed by atoms with E-state index < -0.39 is 0 Å². The third-order valence-corrected chi connectivity index (χ3v) is 4.02. The summed E-state index contributed by atoms with van der Waals surface area (Å²) in [5, 5.41) is 0. The van der Waals surface area contributed by atoms with Crippen LogP contribution in [0.2, 0.25) is 0 Å². The summed E-state index contributed by atoms with van der Waals surface area (Å²) in [6, 6.07) is 2.74. The summed E-state index contributed by atoms with van der Waals surface area (Å²) in [5.74, 6) is 0.266. The van der Waals surface area contributed by atoms with Gasteiger partial charge in [0.2, 0.25) is 5.91 Å². The molecule has 2 aliphatic rings. The van der Waals surface area contributed by atoms with Crippen molar-refractivity contribution < 1.29 is 9.21 Å². The molecule has 96 valence electrons. The maximum absolute atomic E-state index is 12.0. The van der Waals surface area contributed by atoms with E-state index in [0.29, 0.717) is 25.0 Å². The Morgan fingerprint density at radius 2 is 2.39 bits per heavy atom. The normalized spacial score (nSPS) is 27.8. The van der Waals surface area contributed by atoms with Crippen molar-refractivity contribution in [3.05, 3.63) is 36.8 Å². The zero-order valence-corrected chi connectivity index (χ0v) is 10.4. The summed E-state index contributed by atoms with van der Waals surface area (Å²) in [5.41, 5.74) is 1.19. The average molecular weight is 246 g/mol. The molecule has 2 saturated heterocycles. The fraction of sp³-hybridized carbons (Fsp3) is 0.500. The number of carbonyl (C=O) groups is 1. The average Bonchev–Trinajstić information content (AvgIpc) is 3.03. The highest BCUT2D eigenvalue weighted by Crippen LogP contribution is 2.33. The molecule has 0 saturated carbocycles. The van der Waals surface area contributed by atoms with Crippen molar-refractivity contribution >= 4 is 5.91 Å². The molecule has 3 heterocycles. The van der Waals surface area contributed by atoms with Crippen LogP contribution in [0.1, 0.15) is 18.4 Å². The minimum absolute atomic E-state index is 0.266. The summed E-state index contributed by atoms with van der Waals surface area (Å²) in [4.78, 5) is 16.3. The van der Waals surface area contributed by atoms with E-state index in [1.807, 2.05) is 17.0 Å². The molecule has 1 aromatic heterocycles. The smallest absolute Gasteiger partial charge is 0.224 e. The summed E-state index contributed by atoms with van der Waals surface area (Å²) >= 11 is 0. The third-order valence-electron chi connectivity index (χ3n) is 4.02. The van der Waals surface area contributed by atoms with Gasteiger partial charge in [-0.1, -0.05) is 6.08 Å². The molecule has 3 rings (SSSR count). The van der Waals surface area contributed by atoms with Crippen LogP contribution in [0.25, 0.3) is 0 Å². The first-order chi connectivity index (χ1) is 8.79. The Bertz CT molecular complexity index is 441. The van der Waals surface area contributed by atoms with Crippen LogP contribution in [0, 0.1) is 0 Å². The Balaban J connectivity index is 1.70. The van der Waals surface area contributed by atoms with E-state index in [0.717, 1.165) is 19.5 Å². The van der Waals surface area contributed by atoms with Gasteiger partial charge in [-0.3, -0.25) is 9.69 Å². The van der Waals surface area contributed by atoms with Gasteiger partial charge in [0.15, 0.2) is 0 Å². The van der Waals surface area contributed by atoms with Gasteiger partial charge in [-0.25, -0.2) is 0 Å². The van der Waals surface area contributed by atoms with Crippen LogP contribution in [-0.4, -0.2) is 40.9 Å². The minimum Gasteiger partial charge on any atom is -0.472 e. The lowest BCUT2D eigenvalue weighted by Crippen LogP contribution is -2.37. The van der Waals surface area contributed by atoms with Crippen LogP contribution < -0.4 is 0 Å². The Morgan fingerprint density at radius 3 is 3.11 bits per heavy atom. The van der Waals surface area contributed by atoms with Gasteiger partial charge in [-0.15, -0.1) is 6.58 Å². The molecule has 2 aliphatic heterocycles. The summed E-state index contributed by atoms with van der Waals surface area (Å²) in [7, 11) is 0. The van der Waals surface area contributed by atoms with Crippen LogP contribution in [0.4, 0.5) is 0 Å². The maximum Gasteiger partial charge on any atom is 0.224 e. The molecule has 2 fully saturated rings. The Hall–Kier alpha value is -1.55. The molecule has 0 radical (unpaired) electrons. The van der Waals surface area contributed by atoms with Gasteiger partial charge in [0.1, 0.15) is 0 Å². The SMILES string of the molecule is C=CCN1C(=O)C[C@@H]2[C@@H]1CCN2Cc1ccoc1. The highest BCUT2D eigenvalue weighted by Gasteiger charge is 2.45. The Morgan fingerprint density at radius 1 is 1.50 bits per heavy atom. The highest BCUT2D eigenvalue weighted by molar-refractivity contribution is 5.80. The fourth-order valence-corrected chi connectivity index (χ4v) is 3.20. The zero-order chi connectivity index (χ0) is 12.5. The first-order valence-corrected chi connectivity index (χ1v) is 6.45. The molecule has 0 spiro atoms. The van der Waals surface area contributed by atoms with Gasteiger partial charge in [0, 0.05) is 43.7 Å². The molecule has 2 atom stereocenters. The number of furan rings is 1. The number of hydrogen-bond donors (Lipinski definition) is 0. The van der Waals surface area contributed by atoms with Gasteiger partial charge in [-0.2, -0.15) is 0 Å². The topological polar surface area (TPSA) is 36.7 Å². The predicted octanol–water partition coefficient (Wildman–Crippen LogP) is 1.64. The second-order valence-electron chi connectivity index (χ2n) is 5.06. The van der Waals surface area contributed by atoms with E-state index in [1.54, 1.807) is 12.5 Å². The quantitative estimate of drug-likeness (QED) is 0.758. The van der Waals surface area contributed by atoms with Gasteiger partial charge < -0.3 is 9.32 Å². The van der Waals surface area contributed by atoms with Gasteiger partial charge in [-0.05, 0) is 12.5 Å². The van der Waals surface area contributed by atoms with Crippen LogP contribution in [0.5, 0.6) is 0 Å². The number of amides is 1. The van der Waals surface area contributed by atoms with E-state index in [2.05, 4.69) is 11.5 Å². The monoisotopic (exact) mass is 246 g/mol. The van der Waals surface area contributed by atoms with Crippen molar-refractivity contribution in [2.75, 3.05) is 13.1 Å². The van der Waals surface area contributed by atoms with Crippen molar-refractivity contribution in [1.82, 2.24) is 9.80 Å². The molecule has 4 heteroatoms. The van der Waals surface area contributed by atoms with Gasteiger partial charge in [0.25, 0.3) is 0 Å². The lowest BCUT2D eigenvalue weighted by molar-refractivity contribution is -0.128. The first kappa shape index (κ1) is 11.5. The second kappa shape index (κ2) is 4.61. The highest BCUT2D eigenvalue weighted by atomic mass is 16.3. The molecule has 0 aliphatic carbocycles. The number of rotatable bonds is 4. The Kier molecular flexibility index (Phi) is 2.96. The fourth-order valence-electron chi connectivity index (χ4n) is 3.20. The summed E-state index contributed by atoms with van der Waals surface area (Å²) < 4.78 is 5.10. The molecular formula is C14H18N2O2. The van der Waals surface area contributed by atoms with E-state index >= 15 is 0 Å². The standard InChI is InChI=1S/C14H18N2O2/c1-2-5-16-12-3-6-15(13(12)8-14(16)17)9-11-4-7-18-10-11/h2,4,7,10,12-13H,1,3,5-6,8-9H2/t12-,13+/m0/s1. The zero-order valence-electron chi connectivity index (χ0n) is 10.4. The second-order valence-corrected chi connectivity index (χ2v) is 5.06. The van der Waals surface area contributed by atoms with Crippen molar-refractivity contribution in [2.45, 2.75) is 31.5 Å². The van der Waals surface area contributed by atoms with Crippen molar-refractivity contribution in [1.29, 1.82) is 0 Å². The summed E-state index contributed by atoms with van der Waals surface area (Å²) in [6.45, 7) is 6.35. The molecule has 0 unspecified atom stereocenters. The maximum atomic E-state index is 12.0. The lowest BCUT2D eigenvalue weighted by Gasteiger charge is -2.24. The minimum atomic E-state index is 0.266. The van der Waals surface area contributed by atoms with Crippen molar-refractivity contribution in [3.8, 4) is 0 Å². The van der Waals surface area contributed by atoms with E-state index in [1.165, 1.54) is 5.56 Å². The molecule has 1 amide bonds. The largest absolute Gasteiger partial charge is 0.472 e. The van der Waals surface area contributed by atoms with Crippen molar-refractivity contribution in [3.63, 3.8) is 0 Å². The molecule has 1 aromatic rings. The van der Waals surface area contributed by atoms with Gasteiger partial charge in [0.05, 0.1) is 12.5 Å². The molecular weight excluding hydrogens is 228 g/mol. The predicted molar refractivity (Wildman–Crippen MR) is 67.8 cm³/mol. The molecule has 0 aromatic carbocycles. The van der Waals surface area contributed by atoms with Crippen LogP contribution in [-0.2, 0) is 11.3 Å². The van der Waals surface area contributed by atoms with Gasteiger partial charge >= 0.3 is 0 Å². The third kappa shape index (κ3) is 1.86. The number of nitrogens with zero attached hydrogens (tertiary/aromatic N) is 2. The Labute approximate surface area is 107 Å². The van der Waals surface area contributed by atoms with E-state index in [-0.39, 0.29) is 5.91 Å².